The molecule has 0 N–H and O–H groups in total. The van der Waals surface area contributed by atoms with E-state index < -0.39 is 0 Å². The molecule has 2 heterocycles. The lowest BCUT2D eigenvalue weighted by molar-refractivity contribution is 0.111. The SMILES string of the molecule is Cc1cccc(OC[C@@H]2CCCCN2c2ccnn2C(C)C)c1C=O. The number of hydrogen-bond acceptors (Lipinski definition) is 4. The van der Waals surface area contributed by atoms with Gasteiger partial charge in [0.2, 0.25) is 0 Å². The summed E-state index contributed by atoms with van der Waals surface area (Å²) >= 11 is 0. The fourth-order valence-corrected chi connectivity index (χ4v) is 3.52. The van der Waals surface area contributed by atoms with Crippen molar-refractivity contribution < 1.29 is 9.53 Å². The maximum atomic E-state index is 11.4. The van der Waals surface area contributed by atoms with Gasteiger partial charge in [0.1, 0.15) is 18.2 Å². The molecule has 1 aromatic carbocycles. The quantitative estimate of drug-likeness (QED) is 0.745. The Labute approximate surface area is 149 Å². The average Bonchev–Trinajstić information content (AvgIpc) is 3.10. The molecule has 0 saturated carbocycles. The molecule has 25 heavy (non-hydrogen) atoms. The Morgan fingerprint density at radius 2 is 2.16 bits per heavy atom. The zero-order valence-corrected chi connectivity index (χ0v) is 15.3. The van der Waals surface area contributed by atoms with Gasteiger partial charge in [-0.1, -0.05) is 12.1 Å². The molecule has 0 aliphatic carbocycles. The second-order valence-corrected chi connectivity index (χ2v) is 6.99. The van der Waals surface area contributed by atoms with Gasteiger partial charge in [0.15, 0.2) is 6.29 Å². The lowest BCUT2D eigenvalue weighted by atomic mass is 10.0. The maximum absolute atomic E-state index is 11.4. The van der Waals surface area contributed by atoms with Crippen LogP contribution in [0.25, 0.3) is 0 Å². The fourth-order valence-electron chi connectivity index (χ4n) is 3.52. The van der Waals surface area contributed by atoms with Crippen molar-refractivity contribution in [3.8, 4) is 5.75 Å². The number of aryl methyl sites for hydroxylation is 1. The summed E-state index contributed by atoms with van der Waals surface area (Å²) in [6.07, 6.45) is 6.23. The lowest BCUT2D eigenvalue weighted by Crippen LogP contribution is -2.44. The molecule has 134 valence electrons. The highest BCUT2D eigenvalue weighted by Crippen LogP contribution is 2.28. The average molecular weight is 341 g/mol. The molecule has 1 aliphatic heterocycles. The van der Waals surface area contributed by atoms with Crippen molar-refractivity contribution in [3.05, 3.63) is 41.6 Å². The van der Waals surface area contributed by atoms with Gasteiger partial charge in [0, 0.05) is 18.7 Å². The van der Waals surface area contributed by atoms with Gasteiger partial charge < -0.3 is 9.64 Å². The molecule has 0 radical (unpaired) electrons. The van der Waals surface area contributed by atoms with Crippen molar-refractivity contribution in [2.45, 2.75) is 52.1 Å². The molecule has 1 aliphatic rings. The van der Waals surface area contributed by atoms with Crippen molar-refractivity contribution in [1.29, 1.82) is 0 Å². The summed E-state index contributed by atoms with van der Waals surface area (Å²) in [7, 11) is 0. The van der Waals surface area contributed by atoms with E-state index in [1.54, 1.807) is 0 Å². The van der Waals surface area contributed by atoms with Crippen LogP contribution in [0.15, 0.2) is 30.5 Å². The lowest BCUT2D eigenvalue weighted by Gasteiger charge is -2.37. The van der Waals surface area contributed by atoms with Gasteiger partial charge >= 0.3 is 0 Å². The number of benzene rings is 1. The number of anilines is 1. The van der Waals surface area contributed by atoms with Crippen LogP contribution < -0.4 is 9.64 Å². The molecular formula is C20H27N3O2. The number of hydrogen-bond donors (Lipinski definition) is 0. The minimum atomic E-state index is 0.294. The summed E-state index contributed by atoms with van der Waals surface area (Å²) in [5.74, 6) is 1.83. The molecule has 2 aromatic rings. The van der Waals surface area contributed by atoms with Gasteiger partial charge in [0.05, 0.1) is 17.8 Å². The van der Waals surface area contributed by atoms with Crippen LogP contribution in [0.5, 0.6) is 5.75 Å². The first-order chi connectivity index (χ1) is 12.1. The van der Waals surface area contributed by atoms with Gasteiger partial charge in [-0.05, 0) is 51.7 Å². The van der Waals surface area contributed by atoms with E-state index >= 15 is 0 Å². The van der Waals surface area contributed by atoms with Gasteiger partial charge in [-0.15, -0.1) is 0 Å². The van der Waals surface area contributed by atoms with Crippen molar-refractivity contribution in [1.82, 2.24) is 9.78 Å². The normalized spacial score (nSPS) is 17.8. The van der Waals surface area contributed by atoms with E-state index in [0.717, 1.165) is 30.6 Å². The van der Waals surface area contributed by atoms with E-state index in [-0.39, 0.29) is 0 Å². The van der Waals surface area contributed by atoms with Gasteiger partial charge in [-0.2, -0.15) is 5.10 Å². The van der Waals surface area contributed by atoms with Crippen LogP contribution in [0.1, 0.15) is 55.1 Å². The molecule has 0 bridgehead atoms. The molecule has 1 aromatic heterocycles. The molecule has 1 fully saturated rings. The third-order valence-electron chi connectivity index (χ3n) is 4.89. The summed E-state index contributed by atoms with van der Waals surface area (Å²) < 4.78 is 8.15. The van der Waals surface area contributed by atoms with Crippen molar-refractivity contribution >= 4 is 12.1 Å². The number of piperidine rings is 1. The first-order valence-corrected chi connectivity index (χ1v) is 9.09. The van der Waals surface area contributed by atoms with Gasteiger partial charge in [-0.3, -0.25) is 4.79 Å². The van der Waals surface area contributed by atoms with E-state index in [4.69, 9.17) is 4.74 Å². The summed E-state index contributed by atoms with van der Waals surface area (Å²) in [6, 6.07) is 8.45. The fraction of sp³-hybridized carbons (Fsp3) is 0.500. The number of aromatic nitrogens is 2. The predicted molar refractivity (Wildman–Crippen MR) is 99.7 cm³/mol. The van der Waals surface area contributed by atoms with Gasteiger partial charge in [0.25, 0.3) is 0 Å². The molecule has 1 saturated heterocycles. The Kier molecular flexibility index (Phi) is 5.41. The van der Waals surface area contributed by atoms with Crippen molar-refractivity contribution in [2.24, 2.45) is 0 Å². The second kappa shape index (κ2) is 7.72. The largest absolute Gasteiger partial charge is 0.491 e. The summed E-state index contributed by atoms with van der Waals surface area (Å²) in [5, 5.41) is 4.47. The Morgan fingerprint density at radius 1 is 1.32 bits per heavy atom. The molecule has 0 amide bonds. The highest BCUT2D eigenvalue weighted by atomic mass is 16.5. The number of ether oxygens (including phenoxy) is 1. The van der Waals surface area contributed by atoms with E-state index in [1.165, 1.54) is 12.8 Å². The van der Waals surface area contributed by atoms with E-state index in [1.807, 2.05) is 31.3 Å². The number of carbonyl (C=O) groups is 1. The third kappa shape index (κ3) is 3.70. The summed E-state index contributed by atoms with van der Waals surface area (Å²) in [4.78, 5) is 13.8. The molecule has 3 rings (SSSR count). The molecule has 1 atom stereocenters. The summed E-state index contributed by atoms with van der Waals surface area (Å²) in [5.41, 5.74) is 1.60. The van der Waals surface area contributed by atoms with Crippen molar-refractivity contribution in [2.75, 3.05) is 18.1 Å². The van der Waals surface area contributed by atoms with Gasteiger partial charge in [-0.25, -0.2) is 4.68 Å². The Hall–Kier alpha value is -2.30. The van der Waals surface area contributed by atoms with Crippen LogP contribution in [0.2, 0.25) is 0 Å². The first-order valence-electron chi connectivity index (χ1n) is 9.09. The number of nitrogens with zero attached hydrogens (tertiary/aromatic N) is 3. The second-order valence-electron chi connectivity index (χ2n) is 6.99. The Bertz CT molecular complexity index is 723. The molecule has 5 heteroatoms. The van der Waals surface area contributed by atoms with Crippen LogP contribution in [-0.4, -0.2) is 35.3 Å². The predicted octanol–water partition coefficient (Wildman–Crippen LogP) is 4.02. The van der Waals surface area contributed by atoms with E-state index in [2.05, 4.69) is 34.6 Å². The van der Waals surface area contributed by atoms with Crippen LogP contribution in [0.3, 0.4) is 0 Å². The highest BCUT2D eigenvalue weighted by molar-refractivity contribution is 5.81. The number of carbonyl (C=O) groups excluding carboxylic acids is 1. The molecule has 0 spiro atoms. The van der Waals surface area contributed by atoms with Crippen molar-refractivity contribution in [3.63, 3.8) is 0 Å². The molecule has 0 unspecified atom stereocenters. The van der Waals surface area contributed by atoms with Crippen LogP contribution in [-0.2, 0) is 0 Å². The molecular weight excluding hydrogens is 314 g/mol. The minimum Gasteiger partial charge on any atom is -0.491 e. The summed E-state index contributed by atoms with van der Waals surface area (Å²) in [6.45, 7) is 7.82. The Morgan fingerprint density at radius 3 is 2.92 bits per heavy atom. The number of rotatable bonds is 6. The van der Waals surface area contributed by atoms with E-state index in [0.29, 0.717) is 30.0 Å². The third-order valence-corrected chi connectivity index (χ3v) is 4.89. The standard InChI is InChI=1S/C20H27N3O2/c1-15(2)23-20(10-11-21-23)22-12-5-4-8-17(22)14-25-19-9-6-7-16(3)18(19)13-24/h6-7,9-11,13,15,17H,4-5,8,12,14H2,1-3H3/t17-/m0/s1. The van der Waals surface area contributed by atoms with Crippen LogP contribution in [0, 0.1) is 6.92 Å². The van der Waals surface area contributed by atoms with Crippen LogP contribution >= 0.6 is 0 Å². The monoisotopic (exact) mass is 341 g/mol. The minimum absolute atomic E-state index is 0.294. The Balaban J connectivity index is 1.77. The number of aldehydes is 1. The smallest absolute Gasteiger partial charge is 0.154 e. The molecule has 5 nitrogen and oxygen atoms in total. The van der Waals surface area contributed by atoms with E-state index in [9.17, 15) is 4.79 Å². The topological polar surface area (TPSA) is 47.4 Å². The zero-order chi connectivity index (χ0) is 17.8. The van der Waals surface area contributed by atoms with Crippen LogP contribution in [0.4, 0.5) is 5.82 Å². The highest BCUT2D eigenvalue weighted by Gasteiger charge is 2.26. The zero-order valence-electron chi connectivity index (χ0n) is 15.3. The first kappa shape index (κ1) is 17.5. The maximum Gasteiger partial charge on any atom is 0.154 e.